The van der Waals surface area contributed by atoms with Gasteiger partial charge in [-0.1, -0.05) is 6.42 Å². The van der Waals surface area contributed by atoms with Gasteiger partial charge in [0.15, 0.2) is 5.60 Å². The molecule has 1 aliphatic rings. The summed E-state index contributed by atoms with van der Waals surface area (Å²) in [5.74, 6) is -0.537. The van der Waals surface area contributed by atoms with Crippen LogP contribution in [0.25, 0.3) is 0 Å². The molecule has 0 aliphatic heterocycles. The summed E-state index contributed by atoms with van der Waals surface area (Å²) >= 11 is 0. The van der Waals surface area contributed by atoms with Crippen LogP contribution in [-0.4, -0.2) is 61.6 Å². The topological polar surface area (TPSA) is 133 Å². The summed E-state index contributed by atoms with van der Waals surface area (Å²) in [5, 5.41) is 8.83. The minimum absolute atomic E-state index is 0.129. The van der Waals surface area contributed by atoms with Crippen molar-refractivity contribution in [1.82, 2.24) is 0 Å². The first kappa shape index (κ1) is 22.9. The number of hydrogen-bond donors (Lipinski definition) is 0. The molecule has 0 N–H and O–H groups in total. The van der Waals surface area contributed by atoms with Crippen LogP contribution in [0.15, 0.2) is 0 Å². The van der Waals surface area contributed by atoms with Crippen molar-refractivity contribution in [3.05, 3.63) is 10.1 Å². The molecule has 1 rings (SSSR count). The Morgan fingerprint density at radius 3 is 2.41 bits per heavy atom. The maximum atomic E-state index is 12.5. The van der Waals surface area contributed by atoms with Crippen LogP contribution >= 0.6 is 0 Å². The van der Waals surface area contributed by atoms with Crippen LogP contribution in [0.4, 0.5) is 4.79 Å². The smallest absolute Gasteiger partial charge is 0.457 e. The molecule has 0 heterocycles. The second-order valence-electron chi connectivity index (χ2n) is 6.62. The maximum absolute atomic E-state index is 12.5. The molecule has 3 unspecified atom stereocenters. The lowest BCUT2D eigenvalue weighted by atomic mass is 9.94. The molecular weight excluding hydrogens is 366 g/mol. The molecule has 156 valence electrons. The summed E-state index contributed by atoms with van der Waals surface area (Å²) in [6.07, 6.45) is 1.31. The monoisotopic (exact) mass is 393 g/mol. The largest absolute Gasteiger partial charge is 0.510 e. The predicted molar refractivity (Wildman–Crippen MR) is 89.2 cm³/mol. The number of hydrogen-bond acceptors (Lipinski definition) is 10. The van der Waals surface area contributed by atoms with Crippen molar-refractivity contribution in [2.24, 2.45) is 0 Å². The Morgan fingerprint density at radius 2 is 1.81 bits per heavy atom. The van der Waals surface area contributed by atoms with Gasteiger partial charge in [0.2, 0.25) is 6.79 Å². The molecule has 0 bridgehead atoms. The van der Waals surface area contributed by atoms with E-state index in [1.807, 2.05) is 0 Å². The normalized spacial score (nSPS) is 21.0. The SMILES string of the molecule is COC1CCCCC1OC(=O)C(C)(C)OC(C)COC(=O)OCO[N+](=O)[O-]. The van der Waals surface area contributed by atoms with Crippen LogP contribution in [-0.2, 0) is 33.3 Å². The van der Waals surface area contributed by atoms with Crippen LogP contribution in [0.3, 0.4) is 0 Å². The summed E-state index contributed by atoms with van der Waals surface area (Å²) in [7, 11) is 1.59. The lowest BCUT2D eigenvalue weighted by Crippen LogP contribution is -2.45. The molecular formula is C16H27NO10. The van der Waals surface area contributed by atoms with Crippen molar-refractivity contribution in [1.29, 1.82) is 0 Å². The summed E-state index contributed by atoms with van der Waals surface area (Å²) in [6.45, 7) is 3.60. The number of rotatable bonds is 10. The molecule has 27 heavy (non-hydrogen) atoms. The second kappa shape index (κ2) is 10.9. The fourth-order valence-corrected chi connectivity index (χ4v) is 2.68. The van der Waals surface area contributed by atoms with Gasteiger partial charge in [-0.2, -0.15) is 0 Å². The van der Waals surface area contributed by atoms with Crippen molar-refractivity contribution in [3.8, 4) is 0 Å². The minimum atomic E-state index is -1.27. The first-order chi connectivity index (χ1) is 12.7. The Hall–Kier alpha value is -2.14. The Kier molecular flexibility index (Phi) is 9.22. The van der Waals surface area contributed by atoms with Crippen molar-refractivity contribution in [2.45, 2.75) is 70.4 Å². The average molecular weight is 393 g/mol. The molecule has 0 aromatic rings. The van der Waals surface area contributed by atoms with Crippen molar-refractivity contribution >= 4 is 12.1 Å². The molecule has 1 fully saturated rings. The van der Waals surface area contributed by atoms with Gasteiger partial charge in [0.25, 0.3) is 5.09 Å². The van der Waals surface area contributed by atoms with Crippen LogP contribution in [0.5, 0.6) is 0 Å². The van der Waals surface area contributed by atoms with Crippen molar-refractivity contribution in [3.63, 3.8) is 0 Å². The molecule has 0 aromatic heterocycles. The second-order valence-corrected chi connectivity index (χ2v) is 6.62. The van der Waals surface area contributed by atoms with Crippen LogP contribution in [0.1, 0.15) is 46.5 Å². The predicted octanol–water partition coefficient (Wildman–Crippen LogP) is 1.99. The fourth-order valence-electron chi connectivity index (χ4n) is 2.68. The van der Waals surface area contributed by atoms with Gasteiger partial charge < -0.3 is 23.7 Å². The lowest BCUT2D eigenvalue weighted by Gasteiger charge is -2.33. The number of methoxy groups -OCH3 is 1. The lowest BCUT2D eigenvalue weighted by molar-refractivity contribution is -0.765. The highest BCUT2D eigenvalue weighted by Gasteiger charge is 2.37. The summed E-state index contributed by atoms with van der Waals surface area (Å²) in [6, 6.07) is 0. The van der Waals surface area contributed by atoms with Crippen LogP contribution in [0.2, 0.25) is 0 Å². The quantitative estimate of drug-likeness (QED) is 0.235. The number of esters is 1. The zero-order valence-electron chi connectivity index (χ0n) is 16.0. The van der Waals surface area contributed by atoms with E-state index in [0.29, 0.717) is 0 Å². The van der Waals surface area contributed by atoms with E-state index in [4.69, 9.17) is 18.9 Å². The average Bonchev–Trinajstić information content (AvgIpc) is 2.59. The number of ether oxygens (including phenoxy) is 5. The minimum Gasteiger partial charge on any atom is -0.457 e. The summed E-state index contributed by atoms with van der Waals surface area (Å²) in [4.78, 5) is 37.5. The Bertz CT molecular complexity index is 509. The Morgan fingerprint density at radius 1 is 1.19 bits per heavy atom. The standard InChI is InChI=1S/C16H27NO10/c1-11(9-23-15(19)24-10-25-17(20)21)27-16(2,3)14(18)26-13-8-6-5-7-12(13)22-4/h11-13H,5-10H2,1-4H3. The summed E-state index contributed by atoms with van der Waals surface area (Å²) < 4.78 is 25.6. The zero-order chi connectivity index (χ0) is 20.4. The third kappa shape index (κ3) is 8.39. The van der Waals surface area contributed by atoms with Crippen molar-refractivity contribution in [2.75, 3.05) is 20.5 Å². The van der Waals surface area contributed by atoms with Crippen LogP contribution < -0.4 is 0 Å². The van der Waals surface area contributed by atoms with Gasteiger partial charge in [0.1, 0.15) is 12.7 Å². The Balaban J connectivity index is 2.39. The highest BCUT2D eigenvalue weighted by molar-refractivity contribution is 5.78. The van der Waals surface area contributed by atoms with E-state index < -0.39 is 35.7 Å². The van der Waals surface area contributed by atoms with Gasteiger partial charge in [0.05, 0.1) is 12.2 Å². The molecule has 1 aliphatic carbocycles. The number of carbonyl (C=O) groups excluding carboxylic acids is 2. The van der Waals surface area contributed by atoms with E-state index in [2.05, 4.69) is 9.57 Å². The molecule has 3 atom stereocenters. The van der Waals surface area contributed by atoms with E-state index >= 15 is 0 Å². The molecule has 0 amide bonds. The van der Waals surface area contributed by atoms with Gasteiger partial charge in [-0.15, -0.1) is 10.1 Å². The molecule has 0 spiro atoms. The van der Waals surface area contributed by atoms with E-state index in [1.54, 1.807) is 27.9 Å². The highest BCUT2D eigenvalue weighted by atomic mass is 17.0. The molecule has 0 radical (unpaired) electrons. The van der Waals surface area contributed by atoms with Gasteiger partial charge in [-0.3, -0.25) is 4.84 Å². The number of nitrogens with zero attached hydrogens (tertiary/aromatic N) is 1. The molecule has 1 saturated carbocycles. The third-order valence-corrected chi connectivity index (χ3v) is 3.96. The molecule has 0 aromatic carbocycles. The first-order valence-corrected chi connectivity index (χ1v) is 8.64. The van der Waals surface area contributed by atoms with Crippen LogP contribution in [0, 0.1) is 10.1 Å². The van der Waals surface area contributed by atoms with Gasteiger partial charge in [0, 0.05) is 7.11 Å². The Labute approximate surface area is 157 Å². The summed E-state index contributed by atoms with van der Waals surface area (Å²) in [5.41, 5.74) is -1.27. The first-order valence-electron chi connectivity index (χ1n) is 8.64. The van der Waals surface area contributed by atoms with E-state index in [-0.39, 0.29) is 18.8 Å². The van der Waals surface area contributed by atoms with E-state index in [0.717, 1.165) is 25.7 Å². The molecule has 0 saturated heterocycles. The number of carbonyl (C=O) groups is 2. The zero-order valence-corrected chi connectivity index (χ0v) is 16.0. The fraction of sp³-hybridized carbons (Fsp3) is 0.875. The van der Waals surface area contributed by atoms with E-state index in [1.165, 1.54) is 0 Å². The van der Waals surface area contributed by atoms with Gasteiger partial charge in [-0.25, -0.2) is 9.59 Å². The molecule has 11 nitrogen and oxygen atoms in total. The third-order valence-electron chi connectivity index (χ3n) is 3.96. The van der Waals surface area contributed by atoms with Gasteiger partial charge >= 0.3 is 12.1 Å². The maximum Gasteiger partial charge on any atom is 0.510 e. The van der Waals surface area contributed by atoms with Gasteiger partial charge in [-0.05, 0) is 40.0 Å². The molecule has 11 heteroatoms. The van der Waals surface area contributed by atoms with E-state index in [9.17, 15) is 19.7 Å². The van der Waals surface area contributed by atoms with Crippen molar-refractivity contribution < 1.29 is 43.2 Å². The highest BCUT2D eigenvalue weighted by Crippen LogP contribution is 2.26.